The number of carbonyl (C=O) groups is 1. The number of nitrogens with zero attached hydrogens (tertiary/aromatic N) is 2. The predicted octanol–water partition coefficient (Wildman–Crippen LogP) is 6.17. The highest BCUT2D eigenvalue weighted by atomic mass is 19.4. The summed E-state index contributed by atoms with van der Waals surface area (Å²) in [5, 5.41) is 3.04. The molecule has 2 aliphatic heterocycles. The number of nitrogens with one attached hydrogen (secondary N) is 1. The minimum atomic E-state index is -4.67. The Hall–Kier alpha value is -3.62. The Labute approximate surface area is 233 Å². The third-order valence-corrected chi connectivity index (χ3v) is 8.40. The van der Waals surface area contributed by atoms with Crippen LogP contribution in [0.2, 0.25) is 0 Å². The quantitative estimate of drug-likeness (QED) is 0.382. The average Bonchev–Trinajstić information content (AvgIpc) is 2.87. The van der Waals surface area contributed by atoms with Gasteiger partial charge in [-0.05, 0) is 79.8 Å². The zero-order valence-corrected chi connectivity index (χ0v) is 22.9. The van der Waals surface area contributed by atoms with Crippen LogP contribution in [0.5, 0.6) is 5.75 Å². The van der Waals surface area contributed by atoms with Crippen LogP contribution in [-0.4, -0.2) is 36.8 Å². The van der Waals surface area contributed by atoms with Gasteiger partial charge in [-0.2, -0.15) is 0 Å². The Kier molecular flexibility index (Phi) is 7.75. The molecule has 1 spiro atoms. The second-order valence-electron chi connectivity index (χ2n) is 11.3. The second kappa shape index (κ2) is 11.1. The van der Waals surface area contributed by atoms with Gasteiger partial charge in [0.25, 0.3) is 5.91 Å². The van der Waals surface area contributed by atoms with Crippen LogP contribution < -0.4 is 20.7 Å². The number of halogens is 3. The van der Waals surface area contributed by atoms with Gasteiger partial charge in [-0.25, -0.2) is 0 Å². The van der Waals surface area contributed by atoms with E-state index in [9.17, 15) is 18.0 Å². The molecule has 1 saturated carbocycles. The third-order valence-electron chi connectivity index (χ3n) is 8.40. The zero-order chi connectivity index (χ0) is 28.5. The molecule has 2 heterocycles. The van der Waals surface area contributed by atoms with Gasteiger partial charge >= 0.3 is 6.36 Å². The molecule has 2 aromatic rings. The van der Waals surface area contributed by atoms with Crippen molar-refractivity contribution in [2.45, 2.75) is 64.3 Å². The van der Waals surface area contributed by atoms with Crippen molar-refractivity contribution in [1.82, 2.24) is 10.2 Å². The molecule has 0 radical (unpaired) electrons. The molecule has 9 heteroatoms. The molecule has 1 aliphatic carbocycles. The summed E-state index contributed by atoms with van der Waals surface area (Å²) in [6, 6.07) is 14.5. The molecule has 3 fully saturated rings. The molecule has 2 aromatic carbocycles. The summed E-state index contributed by atoms with van der Waals surface area (Å²) in [5.74, 6) is 0.0205. The zero-order valence-electron chi connectivity index (χ0n) is 22.9. The maximum absolute atomic E-state index is 13.1. The Morgan fingerprint density at radius 1 is 1.10 bits per heavy atom. The number of alkyl halides is 3. The van der Waals surface area contributed by atoms with Gasteiger partial charge in [-0.1, -0.05) is 37.8 Å². The number of likely N-dealkylation sites (tertiary alicyclic amines) is 1. The molecule has 0 bridgehead atoms. The van der Waals surface area contributed by atoms with Crippen LogP contribution in [0.1, 0.15) is 62.5 Å². The minimum Gasteiger partial charge on any atom is -0.406 e. The minimum absolute atomic E-state index is 0.168. The Balaban J connectivity index is 1.10. The maximum atomic E-state index is 13.1. The topological polar surface area (TPSA) is 70.8 Å². The van der Waals surface area contributed by atoms with Crippen molar-refractivity contribution >= 4 is 11.6 Å². The number of anilines is 1. The van der Waals surface area contributed by atoms with E-state index >= 15 is 0 Å². The number of hydrogen-bond donors (Lipinski definition) is 2. The maximum Gasteiger partial charge on any atom is 0.573 e. The van der Waals surface area contributed by atoms with Crippen LogP contribution in [0.3, 0.4) is 0 Å². The van der Waals surface area contributed by atoms with Gasteiger partial charge in [0.2, 0.25) is 0 Å². The molecule has 3 aliphatic rings. The van der Waals surface area contributed by atoms with Gasteiger partial charge in [-0.15, -0.1) is 13.2 Å². The molecule has 214 valence electrons. The second-order valence-corrected chi connectivity index (χ2v) is 11.3. The van der Waals surface area contributed by atoms with E-state index in [1.54, 1.807) is 12.1 Å². The lowest BCUT2D eigenvalue weighted by molar-refractivity contribution is -0.274. The molecule has 3 N–H and O–H groups in total. The Bertz CT molecular complexity index is 1260. The molecule has 1 amide bonds. The lowest BCUT2D eigenvalue weighted by Crippen LogP contribution is -2.61. The van der Waals surface area contributed by atoms with Gasteiger partial charge in [0.05, 0.1) is 0 Å². The van der Waals surface area contributed by atoms with Gasteiger partial charge in [-0.3, -0.25) is 4.79 Å². The van der Waals surface area contributed by atoms with Gasteiger partial charge in [0, 0.05) is 48.7 Å². The van der Waals surface area contributed by atoms with Crippen molar-refractivity contribution in [3.05, 3.63) is 83.3 Å². The fourth-order valence-corrected chi connectivity index (χ4v) is 6.23. The summed E-state index contributed by atoms with van der Waals surface area (Å²) in [5.41, 5.74) is 11.8. The van der Waals surface area contributed by atoms with Gasteiger partial charge in [0.1, 0.15) is 11.4 Å². The normalized spacial score (nSPS) is 19.6. The fourth-order valence-electron chi connectivity index (χ4n) is 6.23. The summed E-state index contributed by atoms with van der Waals surface area (Å²) in [6.45, 7) is 9.21. The summed E-state index contributed by atoms with van der Waals surface area (Å²) in [4.78, 5) is 17.4. The summed E-state index contributed by atoms with van der Waals surface area (Å²) >= 11 is 0. The molecule has 0 unspecified atom stereocenters. The molecule has 0 atom stereocenters. The lowest BCUT2D eigenvalue weighted by atomic mass is 9.56. The summed E-state index contributed by atoms with van der Waals surface area (Å²) in [7, 11) is 0. The van der Waals surface area contributed by atoms with Crippen LogP contribution in [-0.2, 0) is 11.3 Å². The number of allylic oxidation sites excluding steroid dienone is 2. The monoisotopic (exact) mass is 554 g/mol. The first-order valence-corrected chi connectivity index (χ1v) is 14.0. The first-order valence-electron chi connectivity index (χ1n) is 14.0. The number of benzene rings is 2. The van der Waals surface area contributed by atoms with E-state index in [0.29, 0.717) is 30.3 Å². The van der Waals surface area contributed by atoms with Crippen molar-refractivity contribution in [1.29, 1.82) is 0 Å². The number of hydrogen-bond acceptors (Lipinski definition) is 5. The van der Waals surface area contributed by atoms with E-state index in [1.807, 2.05) is 24.0 Å². The van der Waals surface area contributed by atoms with E-state index in [4.69, 9.17) is 5.73 Å². The average molecular weight is 555 g/mol. The van der Waals surface area contributed by atoms with Crippen molar-refractivity contribution in [2.24, 2.45) is 11.1 Å². The Morgan fingerprint density at radius 2 is 1.77 bits per heavy atom. The van der Waals surface area contributed by atoms with E-state index in [1.165, 1.54) is 12.1 Å². The number of ether oxygens (including phenoxy) is 1. The highest BCUT2D eigenvalue weighted by Gasteiger charge is 2.52. The summed E-state index contributed by atoms with van der Waals surface area (Å²) < 4.78 is 41.2. The summed E-state index contributed by atoms with van der Waals surface area (Å²) in [6.07, 6.45) is 0.973. The van der Waals surface area contributed by atoms with Crippen LogP contribution in [0.25, 0.3) is 0 Å². The van der Waals surface area contributed by atoms with Crippen molar-refractivity contribution in [2.75, 3.05) is 24.5 Å². The molecular weight excluding hydrogens is 517 g/mol. The first kappa shape index (κ1) is 27.9. The number of amides is 1. The number of nitrogens with two attached hydrogens (primary N) is 1. The van der Waals surface area contributed by atoms with Gasteiger partial charge in [0.15, 0.2) is 0 Å². The highest BCUT2D eigenvalue weighted by molar-refractivity contribution is 5.93. The highest BCUT2D eigenvalue weighted by Crippen LogP contribution is 2.56. The van der Waals surface area contributed by atoms with E-state index in [2.05, 4.69) is 33.7 Å². The lowest BCUT2D eigenvalue weighted by Gasteiger charge is -2.60. The number of piperidine rings is 1. The largest absolute Gasteiger partial charge is 0.573 e. The SMILES string of the molecule is C=C1CCCCN1/C(C(=O)NCc1ccc(N2CC3(CC(c4ccc(OC(F)(F)F)cc4)C3)C2)cc1)=C(\N)CC. The van der Waals surface area contributed by atoms with Gasteiger partial charge < -0.3 is 25.6 Å². The molecular formula is C31H37F3N4O2. The molecule has 2 saturated heterocycles. The standard InChI is InChI=1S/C31H37F3N4O2/c1-3-27(35)28(38-15-5-4-6-21(38)2)29(39)36-18-22-7-11-25(12-8-22)37-19-30(20-37)16-24(17-30)23-9-13-26(14-10-23)40-31(32,33)34/h7-14,24H,2-6,15-20,35H2,1H3,(H,36,39)/b28-27-. The molecule has 6 nitrogen and oxygen atoms in total. The van der Waals surface area contributed by atoms with Crippen LogP contribution in [0.15, 0.2) is 72.2 Å². The fraction of sp³-hybridized carbons (Fsp3) is 0.452. The molecule has 40 heavy (non-hydrogen) atoms. The van der Waals surface area contributed by atoms with Crippen LogP contribution in [0.4, 0.5) is 18.9 Å². The van der Waals surface area contributed by atoms with E-state index < -0.39 is 6.36 Å². The van der Waals surface area contributed by atoms with Crippen LogP contribution in [0, 0.1) is 5.41 Å². The molecule has 5 rings (SSSR count). The number of rotatable bonds is 8. The van der Waals surface area contributed by atoms with Crippen LogP contribution >= 0.6 is 0 Å². The number of carbonyl (C=O) groups excluding carboxylic acids is 1. The predicted molar refractivity (Wildman–Crippen MR) is 149 cm³/mol. The van der Waals surface area contributed by atoms with Crippen molar-refractivity contribution in [3.8, 4) is 5.75 Å². The Morgan fingerprint density at radius 3 is 2.38 bits per heavy atom. The molecule has 0 aromatic heterocycles. The van der Waals surface area contributed by atoms with E-state index in [-0.39, 0.29) is 17.1 Å². The van der Waals surface area contributed by atoms with Crippen molar-refractivity contribution < 1.29 is 22.7 Å². The van der Waals surface area contributed by atoms with E-state index in [0.717, 1.165) is 74.2 Å². The third kappa shape index (κ3) is 6.08. The first-order chi connectivity index (χ1) is 19.1. The van der Waals surface area contributed by atoms with Crippen molar-refractivity contribution in [3.63, 3.8) is 0 Å². The smallest absolute Gasteiger partial charge is 0.406 e.